The van der Waals surface area contributed by atoms with Gasteiger partial charge in [-0.25, -0.2) is 0 Å². The minimum Gasteiger partial charge on any atom is -0.381 e. The molecule has 3 rings (SSSR count). The lowest BCUT2D eigenvalue weighted by Crippen LogP contribution is -2.44. The average Bonchev–Trinajstić information content (AvgIpc) is 2.98. The van der Waals surface area contributed by atoms with E-state index in [1.807, 2.05) is 34.9 Å². The van der Waals surface area contributed by atoms with E-state index < -0.39 is 0 Å². The highest BCUT2D eigenvalue weighted by atomic mass is 16.5. The number of rotatable bonds is 7. The quantitative estimate of drug-likeness (QED) is 0.694. The van der Waals surface area contributed by atoms with Crippen LogP contribution in [-0.4, -0.2) is 61.0 Å². The van der Waals surface area contributed by atoms with Gasteiger partial charge in [0.1, 0.15) is 0 Å². The molecule has 146 valence electrons. The Labute approximate surface area is 162 Å². The maximum Gasteiger partial charge on any atom is 0.224 e. The first-order chi connectivity index (χ1) is 13.1. The molecule has 0 bridgehead atoms. The lowest BCUT2D eigenvalue weighted by Gasteiger charge is -2.38. The van der Waals surface area contributed by atoms with Gasteiger partial charge in [0.15, 0.2) is 0 Å². The van der Waals surface area contributed by atoms with Gasteiger partial charge in [-0.3, -0.25) is 9.59 Å². The number of likely N-dealkylation sites (tertiary alicyclic amines) is 2. The Morgan fingerprint density at radius 3 is 2.67 bits per heavy atom. The average molecular weight is 370 g/mol. The van der Waals surface area contributed by atoms with Crippen LogP contribution in [0.2, 0.25) is 0 Å². The van der Waals surface area contributed by atoms with E-state index in [1.54, 1.807) is 0 Å². The fourth-order valence-electron chi connectivity index (χ4n) is 4.06. The molecule has 0 saturated carbocycles. The van der Waals surface area contributed by atoms with Crippen LogP contribution >= 0.6 is 0 Å². The third kappa shape index (κ3) is 5.19. The molecule has 2 fully saturated rings. The van der Waals surface area contributed by atoms with E-state index in [-0.39, 0.29) is 17.2 Å². The highest BCUT2D eigenvalue weighted by molar-refractivity contribution is 5.80. The summed E-state index contributed by atoms with van der Waals surface area (Å²) in [4.78, 5) is 28.6. The van der Waals surface area contributed by atoms with Crippen molar-refractivity contribution in [3.8, 4) is 0 Å². The van der Waals surface area contributed by atoms with Crippen molar-refractivity contribution >= 4 is 17.9 Å². The van der Waals surface area contributed by atoms with E-state index in [9.17, 15) is 9.59 Å². The molecule has 1 aromatic rings. The van der Waals surface area contributed by atoms with Crippen molar-refractivity contribution in [1.82, 2.24) is 9.80 Å². The first kappa shape index (κ1) is 19.6. The molecule has 1 spiro atoms. The maximum absolute atomic E-state index is 12.5. The van der Waals surface area contributed by atoms with Crippen molar-refractivity contribution in [3.63, 3.8) is 0 Å². The molecule has 0 radical (unpaired) electrons. The summed E-state index contributed by atoms with van der Waals surface area (Å²) in [5.74, 6) is 0.411. The summed E-state index contributed by atoms with van der Waals surface area (Å²) in [5.41, 5.74) is 1.20. The Morgan fingerprint density at radius 1 is 1.22 bits per heavy atom. The number of carbonyl (C=O) groups is 2. The van der Waals surface area contributed by atoms with E-state index >= 15 is 0 Å². The molecule has 5 heteroatoms. The minimum absolute atomic E-state index is 0.0500. The van der Waals surface area contributed by atoms with Crippen LogP contribution in [0.1, 0.15) is 38.2 Å². The molecular formula is C22H30N2O3. The van der Waals surface area contributed by atoms with E-state index in [0.29, 0.717) is 32.6 Å². The number of piperidine rings is 1. The SMILES string of the molecule is CCOCCC(=O)N1CCC2(CC1)CC(=O)N(C/C=C/c1ccccc1)C2. The predicted molar refractivity (Wildman–Crippen MR) is 106 cm³/mol. The van der Waals surface area contributed by atoms with Crippen LogP contribution in [0, 0.1) is 5.41 Å². The molecule has 1 aromatic carbocycles. The van der Waals surface area contributed by atoms with Crippen LogP contribution in [-0.2, 0) is 14.3 Å². The monoisotopic (exact) mass is 370 g/mol. The zero-order valence-corrected chi connectivity index (χ0v) is 16.2. The Morgan fingerprint density at radius 2 is 1.96 bits per heavy atom. The Hall–Kier alpha value is -2.14. The number of carbonyl (C=O) groups excluding carboxylic acids is 2. The van der Waals surface area contributed by atoms with Crippen LogP contribution in [0.5, 0.6) is 0 Å². The van der Waals surface area contributed by atoms with Crippen LogP contribution in [0.15, 0.2) is 36.4 Å². The van der Waals surface area contributed by atoms with Crippen molar-refractivity contribution in [1.29, 1.82) is 0 Å². The summed E-state index contributed by atoms with van der Waals surface area (Å²) in [7, 11) is 0. The van der Waals surface area contributed by atoms with E-state index in [1.165, 1.54) is 0 Å². The van der Waals surface area contributed by atoms with Crippen molar-refractivity contribution in [2.45, 2.75) is 32.6 Å². The second kappa shape index (κ2) is 9.18. The van der Waals surface area contributed by atoms with Crippen molar-refractivity contribution in [3.05, 3.63) is 42.0 Å². The molecule has 2 saturated heterocycles. The normalized spacial score (nSPS) is 19.4. The van der Waals surface area contributed by atoms with Crippen LogP contribution < -0.4 is 0 Å². The zero-order chi connectivity index (χ0) is 19.1. The standard InChI is InChI=1S/C22H30N2O3/c1-2-27-16-10-20(25)23-14-11-22(12-15-23)17-21(26)24(18-22)13-6-9-19-7-4-3-5-8-19/h3-9H,2,10-18H2,1H3/b9-6+. The Bertz CT molecular complexity index is 663. The summed E-state index contributed by atoms with van der Waals surface area (Å²) < 4.78 is 5.28. The van der Waals surface area contributed by atoms with Gasteiger partial charge < -0.3 is 14.5 Å². The molecule has 2 heterocycles. The Kier molecular flexibility index (Phi) is 6.67. The van der Waals surface area contributed by atoms with Gasteiger partial charge in [-0.2, -0.15) is 0 Å². The highest BCUT2D eigenvalue weighted by Crippen LogP contribution is 2.41. The smallest absolute Gasteiger partial charge is 0.224 e. The molecule has 2 aliphatic rings. The number of amides is 2. The lowest BCUT2D eigenvalue weighted by atomic mass is 9.77. The molecule has 0 unspecified atom stereocenters. The number of benzene rings is 1. The van der Waals surface area contributed by atoms with Crippen LogP contribution in [0.25, 0.3) is 6.08 Å². The summed E-state index contributed by atoms with van der Waals surface area (Å²) in [6.45, 7) is 6.06. The molecule has 2 aliphatic heterocycles. The third-order valence-corrected chi connectivity index (χ3v) is 5.68. The van der Waals surface area contributed by atoms with Gasteiger partial charge in [-0.15, -0.1) is 0 Å². The van der Waals surface area contributed by atoms with Gasteiger partial charge in [0.25, 0.3) is 0 Å². The molecule has 0 atom stereocenters. The number of hydrogen-bond donors (Lipinski definition) is 0. The van der Waals surface area contributed by atoms with Gasteiger partial charge in [0, 0.05) is 44.6 Å². The van der Waals surface area contributed by atoms with Gasteiger partial charge >= 0.3 is 0 Å². The predicted octanol–water partition coefficient (Wildman–Crippen LogP) is 2.97. The molecule has 27 heavy (non-hydrogen) atoms. The fourth-order valence-corrected chi connectivity index (χ4v) is 4.06. The topological polar surface area (TPSA) is 49.9 Å². The molecule has 5 nitrogen and oxygen atoms in total. The fraction of sp³-hybridized carbons (Fsp3) is 0.545. The van der Waals surface area contributed by atoms with E-state index in [0.717, 1.165) is 38.0 Å². The molecule has 0 aliphatic carbocycles. The first-order valence-corrected chi connectivity index (χ1v) is 9.97. The van der Waals surface area contributed by atoms with Crippen molar-refractivity contribution in [2.24, 2.45) is 5.41 Å². The summed E-state index contributed by atoms with van der Waals surface area (Å²) in [6.07, 6.45) is 7.04. The number of hydrogen-bond acceptors (Lipinski definition) is 3. The van der Waals surface area contributed by atoms with E-state index in [2.05, 4.69) is 24.3 Å². The molecular weight excluding hydrogens is 340 g/mol. The summed E-state index contributed by atoms with van der Waals surface area (Å²) >= 11 is 0. The van der Waals surface area contributed by atoms with Gasteiger partial charge in [0.05, 0.1) is 13.0 Å². The van der Waals surface area contributed by atoms with Gasteiger partial charge in [0.2, 0.25) is 11.8 Å². The number of ether oxygens (including phenoxy) is 1. The lowest BCUT2D eigenvalue weighted by molar-refractivity contribution is -0.134. The zero-order valence-electron chi connectivity index (χ0n) is 16.2. The van der Waals surface area contributed by atoms with Crippen molar-refractivity contribution in [2.75, 3.05) is 39.4 Å². The third-order valence-electron chi connectivity index (χ3n) is 5.68. The highest BCUT2D eigenvalue weighted by Gasteiger charge is 2.44. The summed E-state index contributed by atoms with van der Waals surface area (Å²) in [5, 5.41) is 0. The molecule has 2 amide bonds. The maximum atomic E-state index is 12.5. The first-order valence-electron chi connectivity index (χ1n) is 9.97. The number of nitrogens with zero attached hydrogens (tertiary/aromatic N) is 2. The minimum atomic E-state index is 0.0500. The molecule has 0 N–H and O–H groups in total. The van der Waals surface area contributed by atoms with Crippen LogP contribution in [0.4, 0.5) is 0 Å². The Balaban J connectivity index is 1.47. The van der Waals surface area contributed by atoms with E-state index in [4.69, 9.17) is 4.74 Å². The molecule has 0 aromatic heterocycles. The van der Waals surface area contributed by atoms with Gasteiger partial charge in [-0.1, -0.05) is 42.5 Å². The summed E-state index contributed by atoms with van der Waals surface area (Å²) in [6, 6.07) is 10.1. The second-order valence-electron chi connectivity index (χ2n) is 7.59. The largest absolute Gasteiger partial charge is 0.381 e. The van der Waals surface area contributed by atoms with Crippen LogP contribution in [0.3, 0.4) is 0 Å². The van der Waals surface area contributed by atoms with Gasteiger partial charge in [-0.05, 0) is 25.3 Å². The van der Waals surface area contributed by atoms with Crippen molar-refractivity contribution < 1.29 is 14.3 Å². The second-order valence-corrected chi connectivity index (χ2v) is 7.59.